The van der Waals surface area contributed by atoms with Crippen LogP contribution in [0.3, 0.4) is 0 Å². The van der Waals surface area contributed by atoms with Gasteiger partial charge < -0.3 is 15.4 Å². The number of benzene rings is 3. The first-order valence-corrected chi connectivity index (χ1v) is 12.9. The smallest absolute Gasteiger partial charge is 0.321 e. The van der Waals surface area contributed by atoms with Crippen LogP contribution >= 0.6 is 0 Å². The van der Waals surface area contributed by atoms with Gasteiger partial charge >= 0.3 is 5.97 Å². The lowest BCUT2D eigenvalue weighted by Gasteiger charge is -2.17. The number of hydrogen-bond acceptors (Lipinski definition) is 8. The first kappa shape index (κ1) is 26.5. The van der Waals surface area contributed by atoms with E-state index in [1.807, 2.05) is 6.07 Å². The number of amides is 1. The molecule has 0 aromatic heterocycles. The normalized spacial score (nSPS) is 14.0. The van der Waals surface area contributed by atoms with Gasteiger partial charge in [0.25, 0.3) is 11.6 Å². The molecule has 3 aromatic rings. The van der Waals surface area contributed by atoms with Gasteiger partial charge in [0.05, 0.1) is 27.7 Å². The molecule has 0 spiro atoms. The van der Waals surface area contributed by atoms with Crippen LogP contribution in [0.4, 0.5) is 17.1 Å². The highest BCUT2D eigenvalue weighted by Gasteiger charge is 2.30. The van der Waals surface area contributed by atoms with Gasteiger partial charge in [0.1, 0.15) is 6.54 Å². The lowest BCUT2D eigenvalue weighted by atomic mass is 9.99. The van der Waals surface area contributed by atoms with E-state index in [0.29, 0.717) is 28.2 Å². The van der Waals surface area contributed by atoms with Crippen molar-refractivity contribution in [3.05, 3.63) is 94.0 Å². The molecule has 0 atom stereocenters. The Morgan fingerprint density at radius 3 is 2.39 bits per heavy atom. The number of nitrogens with zero attached hydrogens (tertiary/aromatic N) is 2. The molecule has 2 N–H and O–H groups in total. The third kappa shape index (κ3) is 5.41. The SMILES string of the molecule is CCOC(=O)CN(C)S(=O)(=O)c1ccc(N/C(=C2\C(=O)Nc3ccc([N+](=O)[O-])cc32)c2ccccc2)cc1. The molecule has 1 aliphatic heterocycles. The molecule has 1 amide bonds. The third-order valence-corrected chi connectivity index (χ3v) is 7.58. The van der Waals surface area contributed by atoms with Crippen LogP contribution < -0.4 is 10.6 Å². The van der Waals surface area contributed by atoms with E-state index in [2.05, 4.69) is 10.6 Å². The number of ether oxygens (including phenoxy) is 1. The van der Waals surface area contributed by atoms with E-state index in [-0.39, 0.29) is 22.8 Å². The minimum Gasteiger partial charge on any atom is -0.465 e. The Labute approximate surface area is 218 Å². The summed E-state index contributed by atoms with van der Waals surface area (Å²) in [7, 11) is -2.68. The largest absolute Gasteiger partial charge is 0.465 e. The average Bonchev–Trinajstić information content (AvgIpc) is 3.22. The minimum absolute atomic E-state index is 0.0386. The number of likely N-dealkylation sites (N-methyl/N-ethyl adjacent to an activating group) is 1. The van der Waals surface area contributed by atoms with Crippen molar-refractivity contribution in [2.75, 3.05) is 30.8 Å². The van der Waals surface area contributed by atoms with E-state index in [4.69, 9.17) is 4.74 Å². The Bertz CT molecular complexity index is 1540. The Morgan fingerprint density at radius 2 is 1.76 bits per heavy atom. The Hall–Kier alpha value is -4.55. The van der Waals surface area contributed by atoms with E-state index in [1.165, 1.54) is 49.5 Å². The number of nitro benzene ring substituents is 1. The number of nitro groups is 1. The molecule has 11 nitrogen and oxygen atoms in total. The number of rotatable bonds is 9. The molecule has 3 aromatic carbocycles. The topological polar surface area (TPSA) is 148 Å². The molecule has 1 heterocycles. The van der Waals surface area contributed by atoms with E-state index >= 15 is 0 Å². The van der Waals surface area contributed by atoms with Gasteiger partial charge in [-0.25, -0.2) is 8.42 Å². The van der Waals surface area contributed by atoms with Crippen LogP contribution in [0.2, 0.25) is 0 Å². The van der Waals surface area contributed by atoms with Gasteiger partial charge in [-0.15, -0.1) is 0 Å². The maximum absolute atomic E-state index is 13.0. The summed E-state index contributed by atoms with van der Waals surface area (Å²) in [4.78, 5) is 35.5. The quantitative estimate of drug-likeness (QED) is 0.182. The Kier molecular flexibility index (Phi) is 7.55. The maximum Gasteiger partial charge on any atom is 0.321 e. The van der Waals surface area contributed by atoms with Crippen molar-refractivity contribution in [2.45, 2.75) is 11.8 Å². The molecule has 12 heteroatoms. The highest BCUT2D eigenvalue weighted by molar-refractivity contribution is 7.89. The summed E-state index contributed by atoms with van der Waals surface area (Å²) in [5.74, 6) is -1.10. The summed E-state index contributed by atoms with van der Waals surface area (Å²) in [5, 5.41) is 17.3. The van der Waals surface area contributed by atoms with Gasteiger partial charge in [-0.1, -0.05) is 30.3 Å². The zero-order valence-electron chi connectivity index (χ0n) is 20.5. The lowest BCUT2D eigenvalue weighted by Crippen LogP contribution is -2.33. The van der Waals surface area contributed by atoms with Crippen LogP contribution in [-0.4, -0.2) is 49.7 Å². The predicted molar refractivity (Wildman–Crippen MR) is 141 cm³/mol. The van der Waals surface area contributed by atoms with Gasteiger partial charge in [-0.3, -0.25) is 19.7 Å². The molecule has 1 aliphatic rings. The standard InChI is InChI=1S/C26H24N4O7S/c1-3-37-23(31)16-29(2)38(35,36)20-12-9-18(10-13-20)27-25(17-7-5-4-6-8-17)24-21-15-19(30(33)34)11-14-22(21)28-26(24)32/h4-15,27H,3,16H2,1-2H3,(H,28,32)/b25-24-. The summed E-state index contributed by atoms with van der Waals surface area (Å²) >= 11 is 0. The van der Waals surface area contributed by atoms with Gasteiger partial charge in [-0.2, -0.15) is 4.31 Å². The monoisotopic (exact) mass is 536 g/mol. The van der Waals surface area contributed by atoms with Crippen molar-refractivity contribution in [2.24, 2.45) is 0 Å². The summed E-state index contributed by atoms with van der Waals surface area (Å²) in [6.45, 7) is 1.34. The average molecular weight is 537 g/mol. The van der Waals surface area contributed by atoms with Crippen LogP contribution in [0.1, 0.15) is 18.1 Å². The number of esters is 1. The third-order valence-electron chi connectivity index (χ3n) is 5.76. The molecule has 0 fully saturated rings. The fraction of sp³-hybridized carbons (Fsp3) is 0.154. The number of fused-ring (bicyclic) bond motifs is 1. The number of anilines is 2. The van der Waals surface area contributed by atoms with Crippen molar-refractivity contribution in [3.63, 3.8) is 0 Å². The second-order valence-electron chi connectivity index (χ2n) is 8.27. The zero-order chi connectivity index (χ0) is 27.4. The lowest BCUT2D eigenvalue weighted by molar-refractivity contribution is -0.384. The van der Waals surface area contributed by atoms with Crippen molar-refractivity contribution in [3.8, 4) is 0 Å². The Balaban J connectivity index is 1.71. The number of carbonyl (C=O) groups is 2. The van der Waals surface area contributed by atoms with Crippen LogP contribution in [0, 0.1) is 10.1 Å². The molecule has 0 radical (unpaired) electrons. The maximum atomic E-state index is 13.0. The first-order chi connectivity index (χ1) is 18.1. The zero-order valence-corrected chi connectivity index (χ0v) is 21.3. The second-order valence-corrected chi connectivity index (χ2v) is 10.3. The number of non-ortho nitro benzene ring substituents is 1. The van der Waals surface area contributed by atoms with Gasteiger partial charge in [0.2, 0.25) is 10.0 Å². The Morgan fingerprint density at radius 1 is 1.08 bits per heavy atom. The number of sulfonamides is 1. The van der Waals surface area contributed by atoms with Crippen LogP contribution in [0.25, 0.3) is 11.3 Å². The molecule has 0 bridgehead atoms. The van der Waals surface area contributed by atoms with Crippen LogP contribution in [-0.2, 0) is 24.3 Å². The van der Waals surface area contributed by atoms with E-state index in [1.54, 1.807) is 31.2 Å². The van der Waals surface area contributed by atoms with Gasteiger partial charge in [-0.05, 0) is 42.8 Å². The fourth-order valence-corrected chi connectivity index (χ4v) is 5.02. The van der Waals surface area contributed by atoms with Crippen molar-refractivity contribution >= 4 is 50.2 Å². The molecule has 0 unspecified atom stereocenters. The van der Waals surface area contributed by atoms with E-state index in [9.17, 15) is 28.1 Å². The summed E-state index contributed by atoms with van der Waals surface area (Å²) in [6, 6.07) is 18.9. The van der Waals surface area contributed by atoms with E-state index in [0.717, 1.165) is 4.31 Å². The van der Waals surface area contributed by atoms with Crippen molar-refractivity contribution in [1.29, 1.82) is 0 Å². The molecule has 4 rings (SSSR count). The fourth-order valence-electron chi connectivity index (χ4n) is 3.91. The highest BCUT2D eigenvalue weighted by Crippen LogP contribution is 2.39. The van der Waals surface area contributed by atoms with Crippen LogP contribution in [0.5, 0.6) is 0 Å². The molecular weight excluding hydrogens is 512 g/mol. The van der Waals surface area contributed by atoms with E-state index < -0.39 is 33.4 Å². The minimum atomic E-state index is -3.96. The molecule has 196 valence electrons. The molecule has 38 heavy (non-hydrogen) atoms. The van der Waals surface area contributed by atoms with Crippen molar-refractivity contribution < 1.29 is 27.7 Å². The summed E-state index contributed by atoms with van der Waals surface area (Å²) in [5.41, 5.74) is 2.36. The molecule has 0 saturated carbocycles. The molecule has 0 saturated heterocycles. The van der Waals surface area contributed by atoms with Gasteiger partial charge in [0.15, 0.2) is 0 Å². The number of carbonyl (C=O) groups excluding carboxylic acids is 2. The molecule has 0 aliphatic carbocycles. The molecular formula is C26H24N4O7S. The highest BCUT2D eigenvalue weighted by atomic mass is 32.2. The number of nitrogens with one attached hydrogen (secondary N) is 2. The van der Waals surface area contributed by atoms with Crippen LogP contribution in [0.15, 0.2) is 77.7 Å². The summed E-state index contributed by atoms with van der Waals surface area (Å²) in [6.07, 6.45) is 0. The number of hydrogen-bond donors (Lipinski definition) is 2. The summed E-state index contributed by atoms with van der Waals surface area (Å²) < 4.78 is 31.5. The van der Waals surface area contributed by atoms with Gasteiger partial charge in [0, 0.05) is 36.1 Å². The van der Waals surface area contributed by atoms with Crippen molar-refractivity contribution in [1.82, 2.24) is 4.31 Å². The second kappa shape index (κ2) is 10.8. The first-order valence-electron chi connectivity index (χ1n) is 11.5. The predicted octanol–water partition coefficient (Wildman–Crippen LogP) is 3.71.